The summed E-state index contributed by atoms with van der Waals surface area (Å²) in [5, 5.41) is 11.3. The average molecular weight is 435 g/mol. The monoisotopic (exact) mass is 435 g/mol. The average Bonchev–Trinajstić information content (AvgIpc) is 3.03. The lowest BCUT2D eigenvalue weighted by atomic mass is 9.80. The summed E-state index contributed by atoms with van der Waals surface area (Å²) in [4.78, 5) is 14.4. The first kappa shape index (κ1) is 21.5. The fourth-order valence-corrected chi connectivity index (χ4v) is 4.58. The molecule has 8 heteroatoms. The van der Waals surface area contributed by atoms with E-state index in [-0.39, 0.29) is 30.5 Å². The van der Waals surface area contributed by atoms with Crippen LogP contribution in [0.2, 0.25) is 0 Å². The number of ether oxygens (including phenoxy) is 2. The van der Waals surface area contributed by atoms with Crippen LogP contribution in [0, 0.1) is 0 Å². The highest BCUT2D eigenvalue weighted by molar-refractivity contribution is 5.69. The molecule has 0 saturated carbocycles. The van der Waals surface area contributed by atoms with Crippen molar-refractivity contribution in [3.63, 3.8) is 0 Å². The first-order valence-electron chi connectivity index (χ1n) is 10.2. The molecule has 0 aromatic heterocycles. The smallest absolute Gasteiger partial charge is 0.422 e. The highest BCUT2D eigenvalue weighted by atomic mass is 19.4. The van der Waals surface area contributed by atoms with E-state index in [4.69, 9.17) is 9.47 Å². The van der Waals surface area contributed by atoms with Gasteiger partial charge in [0.15, 0.2) is 6.61 Å². The Morgan fingerprint density at radius 2 is 1.65 bits per heavy atom. The maximum Gasteiger partial charge on any atom is 0.422 e. The van der Waals surface area contributed by atoms with E-state index in [1.54, 1.807) is 17.0 Å². The van der Waals surface area contributed by atoms with Gasteiger partial charge in [0.05, 0.1) is 5.60 Å². The molecule has 4 rings (SSSR count). The zero-order valence-corrected chi connectivity index (χ0v) is 16.8. The van der Waals surface area contributed by atoms with E-state index in [1.807, 2.05) is 30.3 Å². The van der Waals surface area contributed by atoms with Gasteiger partial charge in [-0.15, -0.1) is 0 Å². The lowest BCUT2D eigenvalue weighted by Crippen LogP contribution is -2.52. The molecule has 2 heterocycles. The van der Waals surface area contributed by atoms with Crippen molar-refractivity contribution in [2.75, 3.05) is 6.61 Å². The standard InChI is InChI=1S/C23H24F3NO4/c24-23(25,26)15-31-20-10-6-17(7-11-20)22(29)12-18-8-9-19(13-22)27(18)21(28)30-14-16-4-2-1-3-5-16/h1-7,10-11,18-19,29H,8-9,12-15H2. The quantitative estimate of drug-likeness (QED) is 0.735. The molecule has 5 nitrogen and oxygen atoms in total. The van der Waals surface area contributed by atoms with Gasteiger partial charge < -0.3 is 19.5 Å². The molecule has 2 saturated heterocycles. The Morgan fingerprint density at radius 3 is 2.23 bits per heavy atom. The number of alkyl halides is 3. The Kier molecular flexibility index (Phi) is 5.83. The van der Waals surface area contributed by atoms with Gasteiger partial charge in [-0.1, -0.05) is 42.5 Å². The van der Waals surface area contributed by atoms with Gasteiger partial charge in [-0.05, 0) is 36.1 Å². The van der Waals surface area contributed by atoms with Gasteiger partial charge in [0, 0.05) is 24.9 Å². The van der Waals surface area contributed by atoms with Crippen molar-refractivity contribution in [2.45, 2.75) is 56.2 Å². The number of rotatable bonds is 5. The Hall–Kier alpha value is -2.74. The second-order valence-electron chi connectivity index (χ2n) is 8.20. The van der Waals surface area contributed by atoms with Crippen LogP contribution in [0.15, 0.2) is 54.6 Å². The number of hydrogen-bond donors (Lipinski definition) is 1. The molecule has 0 radical (unpaired) electrons. The molecule has 2 aromatic rings. The molecule has 0 aliphatic carbocycles. The lowest BCUT2D eigenvalue weighted by molar-refractivity contribution is -0.153. The van der Waals surface area contributed by atoms with E-state index in [1.165, 1.54) is 12.1 Å². The van der Waals surface area contributed by atoms with E-state index in [9.17, 15) is 23.1 Å². The van der Waals surface area contributed by atoms with Crippen LogP contribution in [-0.4, -0.2) is 41.0 Å². The van der Waals surface area contributed by atoms with Crippen LogP contribution in [0.1, 0.15) is 36.8 Å². The molecular formula is C23H24F3NO4. The van der Waals surface area contributed by atoms with Crippen LogP contribution in [0.3, 0.4) is 0 Å². The summed E-state index contributed by atoms with van der Waals surface area (Å²) in [7, 11) is 0. The third kappa shape index (κ3) is 4.95. The van der Waals surface area contributed by atoms with Crippen molar-refractivity contribution in [1.29, 1.82) is 0 Å². The molecule has 2 aliphatic heterocycles. The van der Waals surface area contributed by atoms with Crippen molar-refractivity contribution >= 4 is 6.09 Å². The summed E-state index contributed by atoms with van der Waals surface area (Å²) in [6.45, 7) is -1.17. The van der Waals surface area contributed by atoms with Gasteiger partial charge in [0.2, 0.25) is 0 Å². The van der Waals surface area contributed by atoms with E-state index < -0.39 is 18.4 Å². The van der Waals surface area contributed by atoms with E-state index in [0.29, 0.717) is 18.4 Å². The minimum Gasteiger partial charge on any atom is -0.484 e. The molecule has 2 aliphatic rings. The number of carbonyl (C=O) groups is 1. The maximum absolute atomic E-state index is 12.7. The third-order valence-corrected chi connectivity index (χ3v) is 5.98. The SMILES string of the molecule is O=C(OCc1ccccc1)N1C2CCC1CC(O)(c1ccc(OCC(F)(F)F)cc1)C2. The van der Waals surface area contributed by atoms with Crippen molar-refractivity contribution in [1.82, 2.24) is 4.90 Å². The van der Waals surface area contributed by atoms with Crippen molar-refractivity contribution < 1.29 is 32.5 Å². The van der Waals surface area contributed by atoms with Crippen LogP contribution >= 0.6 is 0 Å². The summed E-state index contributed by atoms with van der Waals surface area (Å²) < 4.78 is 47.2. The molecule has 2 unspecified atom stereocenters. The van der Waals surface area contributed by atoms with Gasteiger partial charge in [-0.2, -0.15) is 13.2 Å². The predicted molar refractivity (Wildman–Crippen MR) is 106 cm³/mol. The molecule has 2 fully saturated rings. The van der Waals surface area contributed by atoms with E-state index >= 15 is 0 Å². The molecule has 166 valence electrons. The second kappa shape index (κ2) is 8.42. The number of piperidine rings is 1. The number of carbonyl (C=O) groups excluding carboxylic acids is 1. The number of amides is 1. The van der Waals surface area contributed by atoms with Gasteiger partial charge >= 0.3 is 12.3 Å². The Labute approximate surface area is 178 Å². The Balaban J connectivity index is 1.39. The highest BCUT2D eigenvalue weighted by Crippen LogP contribution is 2.46. The summed E-state index contributed by atoms with van der Waals surface area (Å²) >= 11 is 0. The zero-order chi connectivity index (χ0) is 22.1. The Morgan fingerprint density at radius 1 is 1.03 bits per heavy atom. The minimum absolute atomic E-state index is 0.0922. The van der Waals surface area contributed by atoms with E-state index in [0.717, 1.165) is 18.4 Å². The van der Waals surface area contributed by atoms with Crippen LogP contribution in [-0.2, 0) is 16.9 Å². The summed E-state index contributed by atoms with van der Waals surface area (Å²) in [5.74, 6) is 0.0922. The Bertz CT molecular complexity index is 887. The zero-order valence-electron chi connectivity index (χ0n) is 16.8. The first-order chi connectivity index (χ1) is 14.7. The third-order valence-electron chi connectivity index (χ3n) is 5.98. The fourth-order valence-electron chi connectivity index (χ4n) is 4.58. The molecule has 2 atom stereocenters. The molecule has 0 spiro atoms. The minimum atomic E-state index is -4.40. The summed E-state index contributed by atoms with van der Waals surface area (Å²) in [5.41, 5.74) is 0.371. The van der Waals surface area contributed by atoms with Gasteiger partial charge in [-0.3, -0.25) is 0 Å². The molecule has 2 bridgehead atoms. The number of benzene rings is 2. The van der Waals surface area contributed by atoms with Crippen LogP contribution in [0.25, 0.3) is 0 Å². The molecular weight excluding hydrogens is 411 g/mol. The van der Waals surface area contributed by atoms with Gasteiger partial charge in [-0.25, -0.2) is 4.79 Å². The molecule has 2 aromatic carbocycles. The van der Waals surface area contributed by atoms with Crippen LogP contribution in [0.4, 0.5) is 18.0 Å². The van der Waals surface area contributed by atoms with Crippen molar-refractivity contribution in [2.24, 2.45) is 0 Å². The van der Waals surface area contributed by atoms with Gasteiger partial charge in [0.25, 0.3) is 0 Å². The van der Waals surface area contributed by atoms with Gasteiger partial charge in [0.1, 0.15) is 12.4 Å². The van der Waals surface area contributed by atoms with Crippen molar-refractivity contribution in [3.8, 4) is 5.75 Å². The number of halogens is 3. The lowest BCUT2D eigenvalue weighted by Gasteiger charge is -2.43. The normalized spacial score (nSPS) is 25.4. The first-order valence-corrected chi connectivity index (χ1v) is 10.2. The molecule has 31 heavy (non-hydrogen) atoms. The second-order valence-corrected chi connectivity index (χ2v) is 8.20. The number of hydrogen-bond acceptors (Lipinski definition) is 4. The summed E-state index contributed by atoms with van der Waals surface area (Å²) in [6.07, 6.45) is -2.52. The topological polar surface area (TPSA) is 59.0 Å². The predicted octanol–water partition coefficient (Wildman–Crippen LogP) is 4.78. The highest BCUT2D eigenvalue weighted by Gasteiger charge is 2.50. The van der Waals surface area contributed by atoms with E-state index in [2.05, 4.69) is 0 Å². The fraction of sp³-hybridized carbons (Fsp3) is 0.435. The largest absolute Gasteiger partial charge is 0.484 e. The molecule has 1 amide bonds. The van der Waals surface area contributed by atoms with Crippen LogP contribution in [0.5, 0.6) is 5.75 Å². The maximum atomic E-state index is 12.7. The molecule has 1 N–H and O–H groups in total. The van der Waals surface area contributed by atoms with Crippen LogP contribution < -0.4 is 4.74 Å². The number of fused-ring (bicyclic) bond motifs is 2. The summed E-state index contributed by atoms with van der Waals surface area (Å²) in [6, 6.07) is 15.2. The van der Waals surface area contributed by atoms with Crippen molar-refractivity contribution in [3.05, 3.63) is 65.7 Å². The number of aliphatic hydroxyl groups is 1. The number of nitrogens with zero attached hydrogens (tertiary/aromatic N) is 1.